The third-order valence-electron chi connectivity index (χ3n) is 4.74. The molecule has 1 N–H and O–H groups in total. The molecule has 30 heavy (non-hydrogen) atoms. The molecule has 4 rings (SSSR count). The summed E-state index contributed by atoms with van der Waals surface area (Å²) in [4.78, 5) is 26.1. The van der Waals surface area contributed by atoms with E-state index in [-0.39, 0.29) is 11.7 Å². The van der Waals surface area contributed by atoms with Crippen LogP contribution in [0, 0.1) is 5.82 Å². The average molecular weight is 398 g/mol. The molecule has 0 bridgehead atoms. The molecule has 2 heterocycles. The number of para-hydroxylation sites is 1. The summed E-state index contributed by atoms with van der Waals surface area (Å²) in [5, 5.41) is 2.97. The predicted octanol–water partition coefficient (Wildman–Crippen LogP) is 5.16. The molecule has 0 atom stereocenters. The third-order valence-corrected chi connectivity index (χ3v) is 4.74. The standard InChI is InChI=1S/C24H19FN4O/c1-2-16-5-3-4-6-21(16)28-24(30)20-15-27-23(18-7-9-19(25)10-8-18)29-22(20)17-11-13-26-14-12-17/h3-15H,2H2,1H3,(H,28,30). The molecule has 0 aliphatic carbocycles. The first-order valence-corrected chi connectivity index (χ1v) is 9.58. The van der Waals surface area contributed by atoms with Crippen LogP contribution in [0.3, 0.4) is 0 Å². The Hall–Kier alpha value is -3.93. The topological polar surface area (TPSA) is 67.8 Å². The summed E-state index contributed by atoms with van der Waals surface area (Å²) in [5.74, 6) is -0.223. The number of anilines is 1. The van der Waals surface area contributed by atoms with Crippen LogP contribution in [0.25, 0.3) is 22.6 Å². The number of amides is 1. The van der Waals surface area contributed by atoms with Crippen molar-refractivity contribution in [1.82, 2.24) is 15.0 Å². The molecule has 0 saturated carbocycles. The molecule has 0 unspecified atom stereocenters. The molecule has 0 saturated heterocycles. The Morgan fingerprint density at radius 2 is 1.70 bits per heavy atom. The smallest absolute Gasteiger partial charge is 0.259 e. The van der Waals surface area contributed by atoms with Crippen molar-refractivity contribution in [2.45, 2.75) is 13.3 Å². The van der Waals surface area contributed by atoms with Crippen molar-refractivity contribution in [3.8, 4) is 22.6 Å². The summed E-state index contributed by atoms with van der Waals surface area (Å²) in [5.41, 5.74) is 4.03. The molecule has 0 aliphatic rings. The second-order valence-electron chi connectivity index (χ2n) is 6.66. The number of hydrogen-bond donors (Lipinski definition) is 1. The minimum atomic E-state index is -0.335. The minimum Gasteiger partial charge on any atom is -0.322 e. The Morgan fingerprint density at radius 1 is 0.967 bits per heavy atom. The fourth-order valence-electron chi connectivity index (χ4n) is 3.16. The van der Waals surface area contributed by atoms with Gasteiger partial charge in [0.2, 0.25) is 0 Å². The summed E-state index contributed by atoms with van der Waals surface area (Å²) < 4.78 is 13.3. The number of hydrogen-bond acceptors (Lipinski definition) is 4. The van der Waals surface area contributed by atoms with Gasteiger partial charge in [-0.15, -0.1) is 0 Å². The minimum absolute atomic E-state index is 0.298. The number of nitrogens with zero attached hydrogens (tertiary/aromatic N) is 3. The van der Waals surface area contributed by atoms with E-state index in [0.29, 0.717) is 22.6 Å². The number of carbonyl (C=O) groups excluding carboxylic acids is 1. The molecule has 5 nitrogen and oxygen atoms in total. The number of aryl methyl sites for hydroxylation is 1. The summed E-state index contributed by atoms with van der Waals surface area (Å²) in [6.07, 6.45) is 5.59. The van der Waals surface area contributed by atoms with E-state index in [0.717, 1.165) is 23.2 Å². The monoisotopic (exact) mass is 398 g/mol. The van der Waals surface area contributed by atoms with Gasteiger partial charge in [-0.3, -0.25) is 9.78 Å². The largest absolute Gasteiger partial charge is 0.322 e. The molecule has 0 aliphatic heterocycles. The fraction of sp³-hybridized carbons (Fsp3) is 0.0833. The molecule has 148 valence electrons. The van der Waals surface area contributed by atoms with Crippen LogP contribution >= 0.6 is 0 Å². The molecular weight excluding hydrogens is 379 g/mol. The highest BCUT2D eigenvalue weighted by molar-refractivity contribution is 6.08. The molecule has 6 heteroatoms. The van der Waals surface area contributed by atoms with Crippen LogP contribution < -0.4 is 5.32 Å². The average Bonchev–Trinajstić information content (AvgIpc) is 2.80. The third kappa shape index (κ3) is 4.07. The molecule has 1 amide bonds. The molecule has 0 radical (unpaired) electrons. The fourth-order valence-corrected chi connectivity index (χ4v) is 3.16. The highest BCUT2D eigenvalue weighted by atomic mass is 19.1. The van der Waals surface area contributed by atoms with Crippen LogP contribution in [0.4, 0.5) is 10.1 Å². The quantitative estimate of drug-likeness (QED) is 0.504. The second kappa shape index (κ2) is 8.61. The van der Waals surface area contributed by atoms with Crippen LogP contribution in [-0.2, 0) is 6.42 Å². The first-order valence-electron chi connectivity index (χ1n) is 9.58. The maximum atomic E-state index is 13.3. The lowest BCUT2D eigenvalue weighted by atomic mass is 10.1. The van der Waals surface area contributed by atoms with Gasteiger partial charge in [0.25, 0.3) is 5.91 Å². The summed E-state index contributed by atoms with van der Waals surface area (Å²) in [6.45, 7) is 2.04. The second-order valence-corrected chi connectivity index (χ2v) is 6.66. The Morgan fingerprint density at radius 3 is 2.43 bits per heavy atom. The zero-order valence-corrected chi connectivity index (χ0v) is 16.3. The predicted molar refractivity (Wildman–Crippen MR) is 114 cm³/mol. The van der Waals surface area contributed by atoms with Gasteiger partial charge in [-0.05, 0) is 54.4 Å². The van der Waals surface area contributed by atoms with Crippen molar-refractivity contribution >= 4 is 11.6 Å². The molecule has 4 aromatic rings. The summed E-state index contributed by atoms with van der Waals surface area (Å²) >= 11 is 0. The van der Waals surface area contributed by atoms with Crippen LogP contribution in [0.1, 0.15) is 22.8 Å². The van der Waals surface area contributed by atoms with E-state index >= 15 is 0 Å². The van der Waals surface area contributed by atoms with E-state index in [1.54, 1.807) is 36.7 Å². The van der Waals surface area contributed by atoms with Crippen molar-refractivity contribution in [3.05, 3.63) is 96.2 Å². The molecule has 0 fully saturated rings. The van der Waals surface area contributed by atoms with Crippen molar-refractivity contribution < 1.29 is 9.18 Å². The number of halogens is 1. The van der Waals surface area contributed by atoms with E-state index in [4.69, 9.17) is 0 Å². The van der Waals surface area contributed by atoms with Crippen LogP contribution in [0.2, 0.25) is 0 Å². The van der Waals surface area contributed by atoms with Gasteiger partial charge in [-0.1, -0.05) is 25.1 Å². The molecule has 2 aromatic carbocycles. The van der Waals surface area contributed by atoms with Crippen molar-refractivity contribution in [1.29, 1.82) is 0 Å². The lowest BCUT2D eigenvalue weighted by molar-refractivity contribution is 0.102. The van der Waals surface area contributed by atoms with E-state index in [1.165, 1.54) is 18.3 Å². The van der Waals surface area contributed by atoms with E-state index in [1.807, 2.05) is 31.2 Å². The number of carbonyl (C=O) groups is 1. The normalized spacial score (nSPS) is 10.6. The summed E-state index contributed by atoms with van der Waals surface area (Å²) in [6, 6.07) is 17.2. The van der Waals surface area contributed by atoms with Crippen LogP contribution in [0.15, 0.2) is 79.3 Å². The van der Waals surface area contributed by atoms with Crippen LogP contribution in [0.5, 0.6) is 0 Å². The number of aromatic nitrogens is 3. The van der Waals surface area contributed by atoms with Gasteiger partial charge in [0.05, 0.1) is 11.3 Å². The maximum absolute atomic E-state index is 13.3. The van der Waals surface area contributed by atoms with Gasteiger partial charge in [-0.25, -0.2) is 14.4 Å². The lowest BCUT2D eigenvalue weighted by Gasteiger charge is -2.13. The van der Waals surface area contributed by atoms with E-state index in [9.17, 15) is 9.18 Å². The summed E-state index contributed by atoms with van der Waals surface area (Å²) in [7, 11) is 0. The zero-order valence-electron chi connectivity index (χ0n) is 16.3. The first-order chi connectivity index (χ1) is 14.7. The van der Waals surface area contributed by atoms with Gasteiger partial charge in [-0.2, -0.15) is 0 Å². The highest BCUT2D eigenvalue weighted by Crippen LogP contribution is 2.26. The Balaban J connectivity index is 1.77. The van der Waals surface area contributed by atoms with E-state index in [2.05, 4.69) is 20.3 Å². The number of nitrogens with one attached hydrogen (secondary N) is 1. The Bertz CT molecular complexity index is 1180. The van der Waals surface area contributed by atoms with Gasteiger partial charge in [0.1, 0.15) is 5.82 Å². The van der Waals surface area contributed by atoms with Gasteiger partial charge in [0.15, 0.2) is 5.82 Å². The van der Waals surface area contributed by atoms with Gasteiger partial charge < -0.3 is 5.32 Å². The van der Waals surface area contributed by atoms with Crippen molar-refractivity contribution in [3.63, 3.8) is 0 Å². The Labute approximate surface area is 173 Å². The molecule has 2 aromatic heterocycles. The lowest BCUT2D eigenvalue weighted by Crippen LogP contribution is -2.16. The zero-order chi connectivity index (χ0) is 20.9. The SMILES string of the molecule is CCc1ccccc1NC(=O)c1cnc(-c2ccc(F)cc2)nc1-c1ccncc1. The van der Waals surface area contributed by atoms with Crippen LogP contribution in [-0.4, -0.2) is 20.9 Å². The maximum Gasteiger partial charge on any atom is 0.259 e. The van der Waals surface area contributed by atoms with Gasteiger partial charge in [0, 0.05) is 35.4 Å². The number of benzene rings is 2. The first kappa shape index (κ1) is 19.4. The van der Waals surface area contributed by atoms with Gasteiger partial charge >= 0.3 is 0 Å². The molecular formula is C24H19FN4O. The van der Waals surface area contributed by atoms with E-state index < -0.39 is 0 Å². The number of rotatable bonds is 5. The Kier molecular flexibility index (Phi) is 5.57. The molecule has 0 spiro atoms. The van der Waals surface area contributed by atoms with Crippen molar-refractivity contribution in [2.75, 3.05) is 5.32 Å². The number of pyridine rings is 1. The van der Waals surface area contributed by atoms with Crippen molar-refractivity contribution in [2.24, 2.45) is 0 Å². The highest BCUT2D eigenvalue weighted by Gasteiger charge is 2.18.